The lowest BCUT2D eigenvalue weighted by Gasteiger charge is -2.58. The Morgan fingerprint density at radius 1 is 1.23 bits per heavy atom. The Morgan fingerprint density at radius 2 is 2.00 bits per heavy atom. The minimum atomic E-state index is -0.190. The third kappa shape index (κ3) is 3.51. The Morgan fingerprint density at radius 3 is 2.73 bits per heavy atom. The molecular formula is C26H43NO3. The fourth-order valence-corrected chi connectivity index (χ4v) is 8.18. The van der Waals surface area contributed by atoms with E-state index in [9.17, 15) is 9.90 Å². The molecule has 0 radical (unpaired) electrons. The first-order chi connectivity index (χ1) is 14.2. The average molecular weight is 418 g/mol. The molecule has 3 fully saturated rings. The zero-order valence-corrected chi connectivity index (χ0v) is 19.8. The molecule has 0 heterocycles. The van der Waals surface area contributed by atoms with Crippen molar-refractivity contribution in [2.24, 2.45) is 40.4 Å². The van der Waals surface area contributed by atoms with E-state index < -0.39 is 0 Å². The Labute approximate surface area is 183 Å². The predicted octanol–water partition coefficient (Wildman–Crippen LogP) is 5.65. The molecule has 0 unspecified atom stereocenters. The van der Waals surface area contributed by atoms with Crippen molar-refractivity contribution in [2.75, 3.05) is 20.2 Å². The van der Waals surface area contributed by atoms with Gasteiger partial charge in [0.15, 0.2) is 0 Å². The number of aliphatic hydroxyl groups is 1. The minimum absolute atomic E-state index is 0.124. The summed E-state index contributed by atoms with van der Waals surface area (Å²) in [5, 5.41) is 10.2. The smallest absolute Gasteiger partial charge is 0.409 e. The molecule has 30 heavy (non-hydrogen) atoms. The Balaban J connectivity index is 1.47. The van der Waals surface area contributed by atoms with Crippen molar-refractivity contribution >= 4 is 6.09 Å². The van der Waals surface area contributed by atoms with Crippen LogP contribution in [0.2, 0.25) is 0 Å². The van der Waals surface area contributed by atoms with E-state index in [0.29, 0.717) is 35.8 Å². The van der Waals surface area contributed by atoms with Crippen LogP contribution in [0.4, 0.5) is 4.79 Å². The summed E-state index contributed by atoms with van der Waals surface area (Å²) >= 11 is 0. The standard InChI is InChI=1S/C26H43NO3/c1-6-27(5)24(29)30-16-17(2)21-9-10-22-20-8-7-18-15-19(28)11-13-25(18,3)23(20)12-14-26(21,22)4/h7,17,19-23,28H,6,8-16H2,1-5H3/t17-,19+,20+,21-,22+,23+,25+,26-/m1/s1. The maximum atomic E-state index is 12.1. The van der Waals surface area contributed by atoms with Crippen LogP contribution in [0.5, 0.6) is 0 Å². The molecule has 0 aliphatic heterocycles. The third-order valence-electron chi connectivity index (χ3n) is 10.1. The number of allylic oxidation sites excluding steroid dienone is 1. The van der Waals surface area contributed by atoms with Crippen LogP contribution >= 0.6 is 0 Å². The molecule has 0 aromatic heterocycles. The first kappa shape index (κ1) is 22.2. The van der Waals surface area contributed by atoms with Crippen LogP contribution in [0.1, 0.15) is 79.1 Å². The normalized spacial score (nSPS) is 43.7. The van der Waals surface area contributed by atoms with Crippen molar-refractivity contribution in [2.45, 2.75) is 85.2 Å². The monoisotopic (exact) mass is 417 g/mol. The van der Waals surface area contributed by atoms with Gasteiger partial charge in [-0.2, -0.15) is 0 Å². The Kier molecular flexibility index (Phi) is 6.02. The van der Waals surface area contributed by atoms with Crippen molar-refractivity contribution < 1.29 is 14.6 Å². The second-order valence-corrected chi connectivity index (χ2v) is 11.5. The molecule has 0 bridgehead atoms. The Hall–Kier alpha value is -1.03. The highest BCUT2D eigenvalue weighted by atomic mass is 16.6. The van der Waals surface area contributed by atoms with Gasteiger partial charge in [-0.3, -0.25) is 0 Å². The van der Waals surface area contributed by atoms with Gasteiger partial charge >= 0.3 is 6.09 Å². The number of ether oxygens (including phenoxy) is 1. The lowest BCUT2D eigenvalue weighted by Crippen LogP contribution is -2.51. The zero-order valence-electron chi connectivity index (χ0n) is 19.8. The van der Waals surface area contributed by atoms with E-state index in [2.05, 4.69) is 26.8 Å². The summed E-state index contributed by atoms with van der Waals surface area (Å²) in [5.74, 6) is 3.43. The topological polar surface area (TPSA) is 49.8 Å². The summed E-state index contributed by atoms with van der Waals surface area (Å²) in [6.45, 7) is 10.6. The second-order valence-electron chi connectivity index (χ2n) is 11.5. The number of hydrogen-bond acceptors (Lipinski definition) is 3. The highest BCUT2D eigenvalue weighted by Gasteiger charge is 2.59. The van der Waals surface area contributed by atoms with Gasteiger partial charge in [0.2, 0.25) is 0 Å². The SMILES string of the molecule is CCN(C)C(=O)OC[C@@H](C)[C@H]1CC[C@H]2[C@@H]3CC=C4C[C@@H](O)CC[C@]4(C)[C@H]3CC[C@]12C. The molecule has 3 saturated carbocycles. The molecule has 4 rings (SSSR count). The number of amides is 1. The maximum absolute atomic E-state index is 12.1. The van der Waals surface area contributed by atoms with Crippen LogP contribution in [-0.2, 0) is 4.74 Å². The van der Waals surface area contributed by atoms with Crippen molar-refractivity contribution in [3.63, 3.8) is 0 Å². The first-order valence-electron chi connectivity index (χ1n) is 12.5. The van der Waals surface area contributed by atoms with Crippen molar-refractivity contribution in [3.05, 3.63) is 11.6 Å². The molecule has 4 nitrogen and oxygen atoms in total. The highest BCUT2D eigenvalue weighted by Crippen LogP contribution is 2.67. The number of carbonyl (C=O) groups is 1. The summed E-state index contributed by atoms with van der Waals surface area (Å²) in [6.07, 6.45) is 11.7. The lowest BCUT2D eigenvalue weighted by atomic mass is 9.47. The molecule has 4 heteroatoms. The van der Waals surface area contributed by atoms with Gasteiger partial charge in [-0.15, -0.1) is 0 Å². The summed E-state index contributed by atoms with van der Waals surface area (Å²) in [7, 11) is 1.80. The van der Waals surface area contributed by atoms with Crippen LogP contribution in [0, 0.1) is 40.4 Å². The van der Waals surface area contributed by atoms with Gasteiger partial charge in [-0.25, -0.2) is 4.79 Å². The summed E-state index contributed by atoms with van der Waals surface area (Å²) < 4.78 is 5.65. The average Bonchev–Trinajstić information content (AvgIpc) is 3.09. The number of rotatable bonds is 4. The van der Waals surface area contributed by atoms with Crippen LogP contribution < -0.4 is 0 Å². The van der Waals surface area contributed by atoms with Crippen molar-refractivity contribution in [1.29, 1.82) is 0 Å². The van der Waals surface area contributed by atoms with Gasteiger partial charge in [0, 0.05) is 13.6 Å². The molecule has 1 N–H and O–H groups in total. The minimum Gasteiger partial charge on any atom is -0.449 e. The second kappa shape index (κ2) is 8.15. The lowest BCUT2D eigenvalue weighted by molar-refractivity contribution is -0.0607. The van der Waals surface area contributed by atoms with Crippen molar-refractivity contribution in [1.82, 2.24) is 4.90 Å². The Bertz CT molecular complexity index is 690. The zero-order chi connectivity index (χ0) is 21.7. The van der Waals surface area contributed by atoms with Gasteiger partial charge < -0.3 is 14.7 Å². The quantitative estimate of drug-likeness (QED) is 0.601. The van der Waals surface area contributed by atoms with E-state index in [1.807, 2.05) is 6.92 Å². The molecule has 0 saturated heterocycles. The largest absolute Gasteiger partial charge is 0.449 e. The van der Waals surface area contributed by atoms with E-state index in [1.54, 1.807) is 17.5 Å². The van der Waals surface area contributed by atoms with Gasteiger partial charge in [-0.05, 0) is 98.7 Å². The van der Waals surface area contributed by atoms with Crippen LogP contribution in [0.25, 0.3) is 0 Å². The first-order valence-corrected chi connectivity index (χ1v) is 12.5. The molecular weight excluding hydrogens is 374 g/mol. The van der Waals surface area contributed by atoms with E-state index in [1.165, 1.54) is 32.1 Å². The molecule has 0 aromatic carbocycles. The maximum Gasteiger partial charge on any atom is 0.409 e. The number of aliphatic hydroxyl groups excluding tert-OH is 1. The van der Waals surface area contributed by atoms with E-state index in [-0.39, 0.29) is 12.2 Å². The van der Waals surface area contributed by atoms with Gasteiger partial charge in [0.05, 0.1) is 12.7 Å². The summed E-state index contributed by atoms with van der Waals surface area (Å²) in [5.41, 5.74) is 2.24. The van der Waals surface area contributed by atoms with E-state index in [0.717, 1.165) is 37.0 Å². The van der Waals surface area contributed by atoms with Gasteiger partial charge in [-0.1, -0.05) is 32.4 Å². The van der Waals surface area contributed by atoms with Gasteiger partial charge in [0.25, 0.3) is 0 Å². The third-order valence-corrected chi connectivity index (χ3v) is 10.1. The van der Waals surface area contributed by atoms with E-state index >= 15 is 0 Å². The molecule has 0 spiro atoms. The molecule has 8 atom stereocenters. The van der Waals surface area contributed by atoms with Crippen LogP contribution in [0.15, 0.2) is 11.6 Å². The fraction of sp³-hybridized carbons (Fsp3) is 0.885. The summed E-state index contributed by atoms with van der Waals surface area (Å²) in [6, 6.07) is 0. The molecule has 0 aromatic rings. The number of carbonyl (C=O) groups excluding carboxylic acids is 1. The summed E-state index contributed by atoms with van der Waals surface area (Å²) in [4.78, 5) is 13.8. The molecule has 1 amide bonds. The van der Waals surface area contributed by atoms with E-state index in [4.69, 9.17) is 4.74 Å². The van der Waals surface area contributed by atoms with Gasteiger partial charge in [0.1, 0.15) is 0 Å². The van der Waals surface area contributed by atoms with Crippen LogP contribution in [-0.4, -0.2) is 42.4 Å². The fourth-order valence-electron chi connectivity index (χ4n) is 8.18. The molecule has 4 aliphatic rings. The molecule has 170 valence electrons. The number of hydrogen-bond donors (Lipinski definition) is 1. The highest BCUT2D eigenvalue weighted by molar-refractivity contribution is 5.67. The van der Waals surface area contributed by atoms with Crippen molar-refractivity contribution in [3.8, 4) is 0 Å². The number of fused-ring (bicyclic) bond motifs is 5. The van der Waals surface area contributed by atoms with Crippen LogP contribution in [0.3, 0.4) is 0 Å². The number of nitrogens with zero attached hydrogens (tertiary/aromatic N) is 1. The molecule has 4 aliphatic carbocycles. The predicted molar refractivity (Wildman–Crippen MR) is 120 cm³/mol.